The molecule has 0 unspecified atom stereocenters. The van der Waals surface area contributed by atoms with Crippen LogP contribution in [0.15, 0.2) is 36.4 Å². The summed E-state index contributed by atoms with van der Waals surface area (Å²) in [4.78, 5) is 39.2. The van der Waals surface area contributed by atoms with Gasteiger partial charge in [0, 0.05) is 11.9 Å². The van der Waals surface area contributed by atoms with Crippen molar-refractivity contribution in [3.63, 3.8) is 0 Å². The molecule has 120 valence electrons. The Morgan fingerprint density at radius 3 is 2.65 bits per heavy atom. The molecule has 0 aliphatic rings. The van der Waals surface area contributed by atoms with E-state index >= 15 is 0 Å². The second-order valence-electron chi connectivity index (χ2n) is 4.79. The molecule has 0 fully saturated rings. The van der Waals surface area contributed by atoms with E-state index in [1.54, 1.807) is 19.1 Å². The minimum absolute atomic E-state index is 0.0985. The number of fused-ring (bicyclic) bond motifs is 1. The zero-order valence-corrected chi connectivity index (χ0v) is 12.8. The number of carbonyl (C=O) groups is 3. The number of carbonyl (C=O) groups excluding carboxylic acids is 3. The quantitative estimate of drug-likeness (QED) is 0.836. The standard InChI is InChI=1S/C16H17N3O4/c1-3-17-16(22)19-14(20)10(2)23-15(21)13-9-8-11-6-4-5-7-12(11)18-13/h4-10H,3H2,1-2H3,(H2,17,19,20,22)/t10-/m1/s1. The molecule has 0 radical (unpaired) electrons. The van der Waals surface area contributed by atoms with Gasteiger partial charge in [-0.05, 0) is 26.0 Å². The highest BCUT2D eigenvalue weighted by atomic mass is 16.5. The summed E-state index contributed by atoms with van der Waals surface area (Å²) in [6, 6.07) is 9.97. The van der Waals surface area contributed by atoms with Crippen LogP contribution >= 0.6 is 0 Å². The van der Waals surface area contributed by atoms with Gasteiger partial charge >= 0.3 is 12.0 Å². The second-order valence-corrected chi connectivity index (χ2v) is 4.79. The van der Waals surface area contributed by atoms with Crippen LogP contribution in [0.4, 0.5) is 4.79 Å². The van der Waals surface area contributed by atoms with Gasteiger partial charge in [-0.25, -0.2) is 14.6 Å². The zero-order valence-electron chi connectivity index (χ0n) is 12.8. The third kappa shape index (κ3) is 4.26. The van der Waals surface area contributed by atoms with Gasteiger partial charge in [0.1, 0.15) is 5.69 Å². The van der Waals surface area contributed by atoms with Crippen LogP contribution in [0, 0.1) is 0 Å². The van der Waals surface area contributed by atoms with E-state index in [0.29, 0.717) is 12.1 Å². The van der Waals surface area contributed by atoms with Gasteiger partial charge in [0.2, 0.25) is 0 Å². The van der Waals surface area contributed by atoms with Gasteiger partial charge in [0.15, 0.2) is 6.10 Å². The van der Waals surface area contributed by atoms with Crippen LogP contribution < -0.4 is 10.6 Å². The van der Waals surface area contributed by atoms with Crippen molar-refractivity contribution >= 4 is 28.8 Å². The Balaban J connectivity index is 2.02. The maximum Gasteiger partial charge on any atom is 0.357 e. The normalized spacial score (nSPS) is 11.6. The minimum Gasteiger partial charge on any atom is -0.448 e. The number of hydrogen-bond acceptors (Lipinski definition) is 5. The molecule has 0 bridgehead atoms. The summed E-state index contributed by atoms with van der Waals surface area (Å²) < 4.78 is 5.03. The number of benzene rings is 1. The molecule has 0 saturated heterocycles. The topological polar surface area (TPSA) is 97.4 Å². The van der Waals surface area contributed by atoms with Crippen molar-refractivity contribution < 1.29 is 19.1 Å². The summed E-state index contributed by atoms with van der Waals surface area (Å²) in [6.45, 7) is 3.49. The fraction of sp³-hybridized carbons (Fsp3) is 0.250. The first kappa shape index (κ1) is 16.4. The highest BCUT2D eigenvalue weighted by Crippen LogP contribution is 2.12. The summed E-state index contributed by atoms with van der Waals surface area (Å²) in [5.74, 6) is -1.43. The van der Waals surface area contributed by atoms with Gasteiger partial charge in [0.05, 0.1) is 5.52 Å². The van der Waals surface area contributed by atoms with E-state index in [9.17, 15) is 14.4 Å². The number of pyridine rings is 1. The first-order valence-corrected chi connectivity index (χ1v) is 7.16. The first-order valence-electron chi connectivity index (χ1n) is 7.16. The molecule has 3 amide bonds. The molecule has 0 aliphatic carbocycles. The van der Waals surface area contributed by atoms with Gasteiger partial charge in [-0.15, -0.1) is 0 Å². The lowest BCUT2D eigenvalue weighted by molar-refractivity contribution is -0.127. The fourth-order valence-electron chi connectivity index (χ4n) is 1.87. The van der Waals surface area contributed by atoms with E-state index in [0.717, 1.165) is 5.39 Å². The van der Waals surface area contributed by atoms with Gasteiger partial charge in [-0.2, -0.15) is 0 Å². The molecule has 1 atom stereocenters. The Labute approximate surface area is 133 Å². The number of urea groups is 1. The third-order valence-corrected chi connectivity index (χ3v) is 3.03. The summed E-state index contributed by atoms with van der Waals surface area (Å²) in [5, 5.41) is 5.39. The maximum atomic E-state index is 12.0. The summed E-state index contributed by atoms with van der Waals surface area (Å²) in [6.07, 6.45) is -1.11. The Hall–Kier alpha value is -2.96. The fourth-order valence-corrected chi connectivity index (χ4v) is 1.87. The van der Waals surface area contributed by atoms with Gasteiger partial charge in [0.25, 0.3) is 5.91 Å². The van der Waals surface area contributed by atoms with Gasteiger partial charge < -0.3 is 10.1 Å². The molecule has 0 aliphatic heterocycles. The van der Waals surface area contributed by atoms with Crippen LogP contribution in [0.1, 0.15) is 24.3 Å². The Morgan fingerprint density at radius 1 is 1.17 bits per heavy atom. The number of hydrogen-bond donors (Lipinski definition) is 2. The highest BCUT2D eigenvalue weighted by Gasteiger charge is 2.21. The van der Waals surface area contributed by atoms with E-state index in [2.05, 4.69) is 15.6 Å². The molecule has 1 aromatic carbocycles. The Kier molecular flexibility index (Phi) is 5.24. The molecule has 2 rings (SSSR count). The number of aromatic nitrogens is 1. The van der Waals surface area contributed by atoms with Crippen LogP contribution in [-0.4, -0.2) is 35.5 Å². The van der Waals surface area contributed by atoms with Crippen molar-refractivity contribution in [3.05, 3.63) is 42.1 Å². The first-order chi connectivity index (χ1) is 11.0. The molecule has 0 saturated carbocycles. The number of ether oxygens (including phenoxy) is 1. The number of amides is 3. The number of para-hydroxylation sites is 1. The summed E-state index contributed by atoms with van der Waals surface area (Å²) in [5.41, 5.74) is 0.753. The number of imide groups is 1. The van der Waals surface area contributed by atoms with E-state index in [-0.39, 0.29) is 5.69 Å². The predicted octanol–water partition coefficient (Wildman–Crippen LogP) is 1.63. The molecular formula is C16H17N3O4. The van der Waals surface area contributed by atoms with Crippen molar-refractivity contribution in [1.29, 1.82) is 0 Å². The number of nitrogens with zero attached hydrogens (tertiary/aromatic N) is 1. The number of nitrogens with one attached hydrogen (secondary N) is 2. The van der Waals surface area contributed by atoms with Crippen LogP contribution in [0.5, 0.6) is 0 Å². The van der Waals surface area contributed by atoms with Crippen molar-refractivity contribution in [1.82, 2.24) is 15.6 Å². The predicted molar refractivity (Wildman–Crippen MR) is 83.8 cm³/mol. The molecule has 0 spiro atoms. The average Bonchev–Trinajstić information content (AvgIpc) is 2.54. The van der Waals surface area contributed by atoms with Crippen molar-refractivity contribution in [2.45, 2.75) is 20.0 Å². The lowest BCUT2D eigenvalue weighted by atomic mass is 10.2. The lowest BCUT2D eigenvalue weighted by Gasteiger charge is -2.12. The van der Waals surface area contributed by atoms with Crippen LogP contribution in [-0.2, 0) is 9.53 Å². The third-order valence-electron chi connectivity index (χ3n) is 3.03. The van der Waals surface area contributed by atoms with Crippen LogP contribution in [0.2, 0.25) is 0 Å². The minimum atomic E-state index is -1.11. The molecule has 2 aromatic rings. The van der Waals surface area contributed by atoms with Crippen molar-refractivity contribution in [2.24, 2.45) is 0 Å². The SMILES string of the molecule is CCNC(=O)NC(=O)[C@@H](C)OC(=O)c1ccc2ccccc2n1. The van der Waals surface area contributed by atoms with Gasteiger partial charge in [-0.3, -0.25) is 10.1 Å². The van der Waals surface area contributed by atoms with Gasteiger partial charge in [-0.1, -0.05) is 24.3 Å². The Morgan fingerprint density at radius 2 is 1.91 bits per heavy atom. The monoisotopic (exact) mass is 315 g/mol. The molecule has 1 heterocycles. The molecular weight excluding hydrogens is 298 g/mol. The highest BCUT2D eigenvalue weighted by molar-refractivity contribution is 5.98. The zero-order chi connectivity index (χ0) is 16.8. The number of esters is 1. The average molecular weight is 315 g/mol. The molecule has 2 N–H and O–H groups in total. The molecule has 7 nitrogen and oxygen atoms in total. The van der Waals surface area contributed by atoms with Crippen LogP contribution in [0.3, 0.4) is 0 Å². The van der Waals surface area contributed by atoms with Crippen molar-refractivity contribution in [3.8, 4) is 0 Å². The van der Waals surface area contributed by atoms with E-state index in [1.165, 1.54) is 13.0 Å². The van der Waals surface area contributed by atoms with Crippen molar-refractivity contribution in [2.75, 3.05) is 6.54 Å². The van der Waals surface area contributed by atoms with E-state index in [1.807, 2.05) is 18.2 Å². The molecule has 7 heteroatoms. The summed E-state index contributed by atoms with van der Waals surface area (Å²) >= 11 is 0. The van der Waals surface area contributed by atoms with E-state index in [4.69, 9.17) is 4.74 Å². The summed E-state index contributed by atoms with van der Waals surface area (Å²) in [7, 11) is 0. The second kappa shape index (κ2) is 7.35. The maximum absolute atomic E-state index is 12.0. The largest absolute Gasteiger partial charge is 0.448 e. The number of rotatable bonds is 4. The van der Waals surface area contributed by atoms with Crippen LogP contribution in [0.25, 0.3) is 10.9 Å². The lowest BCUT2D eigenvalue weighted by Crippen LogP contribution is -2.44. The van der Waals surface area contributed by atoms with E-state index < -0.39 is 24.0 Å². The molecule has 23 heavy (non-hydrogen) atoms. The Bertz CT molecular complexity index is 745. The molecule has 1 aromatic heterocycles. The smallest absolute Gasteiger partial charge is 0.357 e.